The molecule has 1 aromatic heterocycles. The summed E-state index contributed by atoms with van der Waals surface area (Å²) in [6.45, 7) is 4.58. The minimum atomic E-state index is -0.249. The van der Waals surface area contributed by atoms with Gasteiger partial charge in [-0.05, 0) is 61.0 Å². The third-order valence-electron chi connectivity index (χ3n) is 4.93. The maximum absolute atomic E-state index is 13.1. The lowest BCUT2D eigenvalue weighted by Crippen LogP contribution is -2.49. The molecule has 1 saturated heterocycles. The second-order valence-corrected chi connectivity index (χ2v) is 7.05. The van der Waals surface area contributed by atoms with Gasteiger partial charge in [0, 0.05) is 37.6 Å². The van der Waals surface area contributed by atoms with Crippen molar-refractivity contribution in [2.45, 2.75) is 6.92 Å². The maximum atomic E-state index is 13.1. The Hall–Kier alpha value is -3.48. The first-order chi connectivity index (χ1) is 14.1. The molecule has 1 amide bonds. The van der Waals surface area contributed by atoms with Crippen molar-refractivity contribution in [2.75, 3.05) is 36.4 Å². The molecule has 0 bridgehead atoms. The number of nitrogens with one attached hydrogen (secondary N) is 1. The van der Waals surface area contributed by atoms with Gasteiger partial charge in [-0.25, -0.2) is 4.39 Å². The van der Waals surface area contributed by atoms with E-state index >= 15 is 0 Å². The number of amides is 1. The van der Waals surface area contributed by atoms with Crippen LogP contribution < -0.4 is 10.2 Å². The van der Waals surface area contributed by atoms with E-state index in [1.54, 1.807) is 29.2 Å². The highest BCUT2D eigenvalue weighted by atomic mass is 19.1. The Morgan fingerprint density at radius 2 is 1.72 bits per heavy atom. The van der Waals surface area contributed by atoms with Crippen LogP contribution in [-0.4, -0.2) is 47.2 Å². The Bertz CT molecular complexity index is 983. The van der Waals surface area contributed by atoms with E-state index < -0.39 is 0 Å². The Labute approximate surface area is 169 Å². The zero-order valence-electron chi connectivity index (χ0n) is 16.2. The zero-order valence-corrected chi connectivity index (χ0v) is 16.2. The number of halogens is 1. The van der Waals surface area contributed by atoms with Crippen LogP contribution in [-0.2, 0) is 0 Å². The summed E-state index contributed by atoms with van der Waals surface area (Å²) >= 11 is 0. The predicted octanol–water partition coefficient (Wildman–Crippen LogP) is 3.63. The van der Waals surface area contributed by atoms with Crippen LogP contribution in [0.5, 0.6) is 0 Å². The molecule has 6 nitrogen and oxygen atoms in total. The van der Waals surface area contributed by atoms with Crippen molar-refractivity contribution in [1.82, 2.24) is 15.1 Å². The number of anilines is 3. The molecule has 1 fully saturated rings. The topological polar surface area (TPSA) is 61.4 Å². The third-order valence-corrected chi connectivity index (χ3v) is 4.93. The lowest BCUT2D eigenvalue weighted by molar-refractivity contribution is 0.0739. The summed E-state index contributed by atoms with van der Waals surface area (Å²) in [6, 6.07) is 17.8. The number of nitrogens with zero attached hydrogens (tertiary/aromatic N) is 4. The van der Waals surface area contributed by atoms with E-state index in [9.17, 15) is 9.18 Å². The molecule has 2 aromatic carbocycles. The SMILES string of the molecule is Cc1cccc(Nc2ccc(C(=O)N3CCN(c4ccc(F)cc4)CC3)nn2)c1. The first-order valence-corrected chi connectivity index (χ1v) is 9.56. The van der Waals surface area contributed by atoms with E-state index in [1.807, 2.05) is 31.2 Å². The minimum Gasteiger partial charge on any atom is -0.368 e. The smallest absolute Gasteiger partial charge is 0.274 e. The second kappa shape index (κ2) is 8.26. The number of hydrogen-bond acceptors (Lipinski definition) is 5. The van der Waals surface area contributed by atoms with E-state index in [2.05, 4.69) is 20.4 Å². The van der Waals surface area contributed by atoms with Crippen molar-refractivity contribution in [3.63, 3.8) is 0 Å². The summed E-state index contributed by atoms with van der Waals surface area (Å²) in [5, 5.41) is 11.4. The second-order valence-electron chi connectivity index (χ2n) is 7.05. The quantitative estimate of drug-likeness (QED) is 0.736. The van der Waals surface area contributed by atoms with Gasteiger partial charge in [0.2, 0.25) is 0 Å². The van der Waals surface area contributed by atoms with Crippen LogP contribution in [0.25, 0.3) is 0 Å². The van der Waals surface area contributed by atoms with Crippen molar-refractivity contribution < 1.29 is 9.18 Å². The first-order valence-electron chi connectivity index (χ1n) is 9.56. The van der Waals surface area contributed by atoms with Crippen LogP contribution in [0, 0.1) is 12.7 Å². The summed E-state index contributed by atoms with van der Waals surface area (Å²) in [7, 11) is 0. The lowest BCUT2D eigenvalue weighted by atomic mass is 10.2. The largest absolute Gasteiger partial charge is 0.368 e. The summed E-state index contributed by atoms with van der Waals surface area (Å²) in [5.41, 5.74) is 3.37. The fraction of sp³-hybridized carbons (Fsp3) is 0.227. The molecule has 0 spiro atoms. The standard InChI is InChI=1S/C22H22FN5O/c1-16-3-2-4-18(15-16)24-21-10-9-20(25-26-21)22(29)28-13-11-27(12-14-28)19-7-5-17(23)6-8-19/h2-10,15H,11-14H2,1H3,(H,24,26). The monoisotopic (exact) mass is 391 g/mol. The van der Waals surface area contributed by atoms with Gasteiger partial charge < -0.3 is 15.1 Å². The van der Waals surface area contributed by atoms with E-state index in [4.69, 9.17) is 0 Å². The number of benzene rings is 2. The third kappa shape index (κ3) is 4.51. The fourth-order valence-electron chi connectivity index (χ4n) is 3.37. The summed E-state index contributed by atoms with van der Waals surface area (Å²) in [5.74, 6) is 0.216. The molecule has 1 aliphatic rings. The number of aryl methyl sites for hydroxylation is 1. The number of rotatable bonds is 4. The van der Waals surface area contributed by atoms with Gasteiger partial charge >= 0.3 is 0 Å². The summed E-state index contributed by atoms with van der Waals surface area (Å²) < 4.78 is 13.1. The number of carbonyl (C=O) groups excluding carboxylic acids is 1. The van der Waals surface area contributed by atoms with Gasteiger partial charge in [0.05, 0.1) is 0 Å². The summed E-state index contributed by atoms with van der Waals surface area (Å²) in [6.07, 6.45) is 0. The number of piperazine rings is 1. The van der Waals surface area contributed by atoms with Crippen molar-refractivity contribution in [3.8, 4) is 0 Å². The number of carbonyl (C=O) groups is 1. The molecule has 29 heavy (non-hydrogen) atoms. The highest BCUT2D eigenvalue weighted by Crippen LogP contribution is 2.18. The number of hydrogen-bond donors (Lipinski definition) is 1. The molecule has 7 heteroatoms. The van der Waals surface area contributed by atoms with Crippen molar-refractivity contribution in [2.24, 2.45) is 0 Å². The average molecular weight is 391 g/mol. The Morgan fingerprint density at radius 1 is 0.966 bits per heavy atom. The fourth-order valence-corrected chi connectivity index (χ4v) is 3.37. The Balaban J connectivity index is 1.35. The van der Waals surface area contributed by atoms with Crippen LogP contribution in [0.3, 0.4) is 0 Å². The van der Waals surface area contributed by atoms with E-state index in [0.29, 0.717) is 37.7 Å². The molecule has 3 aromatic rings. The molecule has 4 rings (SSSR count). The van der Waals surface area contributed by atoms with E-state index in [1.165, 1.54) is 12.1 Å². The van der Waals surface area contributed by atoms with E-state index in [-0.39, 0.29) is 11.7 Å². The van der Waals surface area contributed by atoms with Crippen molar-refractivity contribution >= 4 is 23.1 Å². The molecule has 2 heterocycles. The van der Waals surface area contributed by atoms with E-state index in [0.717, 1.165) is 16.9 Å². The minimum absolute atomic E-state index is 0.127. The number of aromatic nitrogens is 2. The molecular formula is C22H22FN5O. The van der Waals surface area contributed by atoms with Crippen LogP contribution in [0.2, 0.25) is 0 Å². The molecule has 148 valence electrons. The molecule has 1 N–H and O–H groups in total. The summed E-state index contributed by atoms with van der Waals surface area (Å²) in [4.78, 5) is 16.7. The van der Waals surface area contributed by atoms with Crippen molar-refractivity contribution in [3.05, 3.63) is 77.7 Å². The molecule has 1 aliphatic heterocycles. The molecule has 0 aliphatic carbocycles. The lowest BCUT2D eigenvalue weighted by Gasteiger charge is -2.35. The first kappa shape index (κ1) is 18.9. The predicted molar refractivity (Wildman–Crippen MR) is 111 cm³/mol. The van der Waals surface area contributed by atoms with Gasteiger partial charge in [-0.3, -0.25) is 4.79 Å². The van der Waals surface area contributed by atoms with Gasteiger partial charge in [0.15, 0.2) is 11.5 Å². The highest BCUT2D eigenvalue weighted by Gasteiger charge is 2.23. The van der Waals surface area contributed by atoms with Gasteiger partial charge in [-0.2, -0.15) is 0 Å². The van der Waals surface area contributed by atoms with Gasteiger partial charge in [-0.1, -0.05) is 12.1 Å². The van der Waals surface area contributed by atoms with Crippen LogP contribution in [0.1, 0.15) is 16.1 Å². The van der Waals surface area contributed by atoms with Crippen molar-refractivity contribution in [1.29, 1.82) is 0 Å². The normalized spacial score (nSPS) is 14.0. The molecule has 0 atom stereocenters. The highest BCUT2D eigenvalue weighted by molar-refractivity contribution is 5.92. The average Bonchev–Trinajstić information content (AvgIpc) is 2.75. The Morgan fingerprint density at radius 3 is 2.38 bits per heavy atom. The molecular weight excluding hydrogens is 369 g/mol. The molecule has 0 unspecified atom stereocenters. The van der Waals surface area contributed by atoms with Crippen LogP contribution in [0.15, 0.2) is 60.7 Å². The van der Waals surface area contributed by atoms with Crippen LogP contribution in [0.4, 0.5) is 21.6 Å². The zero-order chi connectivity index (χ0) is 20.2. The van der Waals surface area contributed by atoms with Crippen LogP contribution >= 0.6 is 0 Å². The van der Waals surface area contributed by atoms with Gasteiger partial charge in [-0.15, -0.1) is 10.2 Å². The molecule has 0 radical (unpaired) electrons. The Kier molecular flexibility index (Phi) is 5.37. The maximum Gasteiger partial charge on any atom is 0.274 e. The van der Waals surface area contributed by atoms with Gasteiger partial charge in [0.25, 0.3) is 5.91 Å². The van der Waals surface area contributed by atoms with Gasteiger partial charge in [0.1, 0.15) is 5.82 Å². The molecule has 0 saturated carbocycles.